The van der Waals surface area contributed by atoms with E-state index >= 15 is 0 Å². The van der Waals surface area contributed by atoms with Gasteiger partial charge in [-0.2, -0.15) is 5.10 Å². The van der Waals surface area contributed by atoms with Crippen molar-refractivity contribution in [2.45, 2.75) is 65.2 Å². The van der Waals surface area contributed by atoms with E-state index in [0.717, 1.165) is 54.5 Å². The van der Waals surface area contributed by atoms with Gasteiger partial charge in [0.25, 0.3) is 5.91 Å². The van der Waals surface area contributed by atoms with Crippen LogP contribution in [0.15, 0.2) is 42.9 Å². The number of amides is 1. The van der Waals surface area contributed by atoms with E-state index in [0.29, 0.717) is 35.0 Å². The molecular formula is C31H35FN6O. The average Bonchev–Trinajstić information content (AvgIpc) is 3.64. The summed E-state index contributed by atoms with van der Waals surface area (Å²) in [7, 11) is 0. The van der Waals surface area contributed by atoms with Crippen LogP contribution in [0.25, 0.3) is 16.8 Å². The maximum Gasteiger partial charge on any atom is 0.255 e. The van der Waals surface area contributed by atoms with Crippen molar-refractivity contribution in [3.05, 3.63) is 77.0 Å². The molecule has 202 valence electrons. The summed E-state index contributed by atoms with van der Waals surface area (Å²) in [4.78, 5) is 28.7. The highest BCUT2D eigenvalue weighted by Crippen LogP contribution is 2.38. The number of nitrogens with zero attached hydrogens (tertiary/aromatic N) is 6. The zero-order valence-electron chi connectivity index (χ0n) is 22.9. The van der Waals surface area contributed by atoms with Gasteiger partial charge in [-0.15, -0.1) is 0 Å². The third kappa shape index (κ3) is 5.42. The van der Waals surface area contributed by atoms with E-state index in [4.69, 9.17) is 4.98 Å². The highest BCUT2D eigenvalue weighted by molar-refractivity contribution is 5.95. The monoisotopic (exact) mass is 526 g/mol. The van der Waals surface area contributed by atoms with E-state index in [-0.39, 0.29) is 11.6 Å². The van der Waals surface area contributed by atoms with Crippen molar-refractivity contribution in [3.63, 3.8) is 0 Å². The fourth-order valence-corrected chi connectivity index (χ4v) is 5.75. The second-order valence-corrected chi connectivity index (χ2v) is 11.5. The van der Waals surface area contributed by atoms with Crippen molar-refractivity contribution in [3.8, 4) is 11.3 Å². The van der Waals surface area contributed by atoms with Crippen LogP contribution < -0.4 is 0 Å². The van der Waals surface area contributed by atoms with Crippen LogP contribution in [0, 0.1) is 24.6 Å². The molecule has 5 heterocycles. The van der Waals surface area contributed by atoms with Crippen LogP contribution >= 0.6 is 0 Å². The van der Waals surface area contributed by atoms with Gasteiger partial charge in [0.15, 0.2) is 5.82 Å². The van der Waals surface area contributed by atoms with Crippen LogP contribution in [-0.2, 0) is 6.42 Å². The summed E-state index contributed by atoms with van der Waals surface area (Å²) in [6, 6.07) is 7.47. The summed E-state index contributed by atoms with van der Waals surface area (Å²) in [5, 5.41) is 4.40. The third-order valence-corrected chi connectivity index (χ3v) is 8.22. The molecule has 0 aromatic carbocycles. The number of halogens is 1. The normalized spacial score (nSPS) is 16.4. The van der Waals surface area contributed by atoms with E-state index in [1.54, 1.807) is 4.52 Å². The van der Waals surface area contributed by atoms with Gasteiger partial charge >= 0.3 is 0 Å². The molecule has 1 amide bonds. The minimum atomic E-state index is -0.473. The van der Waals surface area contributed by atoms with Gasteiger partial charge in [-0.25, -0.2) is 18.9 Å². The molecule has 0 spiro atoms. The minimum Gasteiger partial charge on any atom is -0.339 e. The van der Waals surface area contributed by atoms with Gasteiger partial charge in [0.1, 0.15) is 11.5 Å². The second kappa shape index (κ2) is 10.5. The zero-order valence-corrected chi connectivity index (χ0v) is 22.9. The molecule has 7 nitrogen and oxygen atoms in total. The summed E-state index contributed by atoms with van der Waals surface area (Å²) < 4.78 is 16.6. The number of fused-ring (bicyclic) bond motifs is 1. The second-order valence-electron chi connectivity index (χ2n) is 11.5. The maximum absolute atomic E-state index is 14.8. The predicted octanol–water partition coefficient (Wildman–Crippen LogP) is 6.00. The molecule has 8 heteroatoms. The van der Waals surface area contributed by atoms with E-state index in [9.17, 15) is 9.18 Å². The summed E-state index contributed by atoms with van der Waals surface area (Å²) in [6.45, 7) is 7.75. The maximum atomic E-state index is 14.8. The number of likely N-dealkylation sites (tertiary alicyclic amines) is 1. The lowest BCUT2D eigenvalue weighted by molar-refractivity contribution is 0.0683. The van der Waals surface area contributed by atoms with Gasteiger partial charge in [-0.05, 0) is 68.2 Å². The topological polar surface area (TPSA) is 76.3 Å². The Labute approximate surface area is 228 Å². The minimum absolute atomic E-state index is 0.0628. The summed E-state index contributed by atoms with van der Waals surface area (Å²) in [5.41, 5.74) is 5.07. The molecule has 0 unspecified atom stereocenters. The van der Waals surface area contributed by atoms with E-state index in [1.165, 1.54) is 25.5 Å². The molecule has 1 aliphatic carbocycles. The number of piperidine rings is 1. The fraction of sp³-hybridized carbons (Fsp3) is 0.452. The SMILES string of the molecule is Cc1nc(Cc2ncc(F)c(-c3ccn4ncc(C(C)C)c4c3)n2)ccc1C(=O)N1CCC(CC2CC2)CC1. The largest absolute Gasteiger partial charge is 0.339 e. The van der Waals surface area contributed by atoms with Crippen molar-refractivity contribution in [1.82, 2.24) is 29.5 Å². The van der Waals surface area contributed by atoms with Crippen LogP contribution in [0.5, 0.6) is 0 Å². The smallest absolute Gasteiger partial charge is 0.255 e. The lowest BCUT2D eigenvalue weighted by Crippen LogP contribution is -2.39. The molecule has 0 atom stereocenters. The van der Waals surface area contributed by atoms with Gasteiger partial charge in [0, 0.05) is 36.1 Å². The highest BCUT2D eigenvalue weighted by atomic mass is 19.1. The van der Waals surface area contributed by atoms with Crippen molar-refractivity contribution in [1.29, 1.82) is 0 Å². The van der Waals surface area contributed by atoms with Crippen LogP contribution in [0.2, 0.25) is 0 Å². The Balaban J connectivity index is 1.17. The Morgan fingerprint density at radius 3 is 2.54 bits per heavy atom. The van der Waals surface area contributed by atoms with Crippen molar-refractivity contribution < 1.29 is 9.18 Å². The standard InChI is InChI=1S/C31H35FN6O/c1-19(2)26-17-34-38-13-10-23(15-28(26)38)30-27(32)18-33-29(36-30)16-24-6-7-25(20(3)35-24)31(39)37-11-8-22(9-12-37)14-21-4-5-21/h6-7,10,13,15,17-19,21-22H,4-5,8-9,11-12,14,16H2,1-3H3. The molecule has 4 aromatic heterocycles. The molecule has 1 aliphatic heterocycles. The molecule has 2 aliphatic rings. The first-order chi connectivity index (χ1) is 18.9. The highest BCUT2D eigenvalue weighted by Gasteiger charge is 2.30. The van der Waals surface area contributed by atoms with E-state index < -0.39 is 5.82 Å². The first-order valence-corrected chi connectivity index (χ1v) is 14.1. The molecule has 0 bridgehead atoms. The van der Waals surface area contributed by atoms with Crippen molar-refractivity contribution in [2.75, 3.05) is 13.1 Å². The number of carbonyl (C=O) groups excluding carboxylic acids is 1. The number of aromatic nitrogens is 5. The molecule has 4 aromatic rings. The Morgan fingerprint density at radius 1 is 1.05 bits per heavy atom. The van der Waals surface area contributed by atoms with Crippen molar-refractivity contribution in [2.24, 2.45) is 11.8 Å². The van der Waals surface area contributed by atoms with Crippen LogP contribution in [0.4, 0.5) is 4.39 Å². The number of pyridine rings is 2. The number of carbonyl (C=O) groups is 1. The molecular weight excluding hydrogens is 491 g/mol. The van der Waals surface area contributed by atoms with Gasteiger partial charge in [0.05, 0.1) is 35.6 Å². The van der Waals surface area contributed by atoms with Crippen LogP contribution in [-0.4, -0.2) is 48.5 Å². The number of hydrogen-bond donors (Lipinski definition) is 0. The molecule has 6 rings (SSSR count). The summed E-state index contributed by atoms with van der Waals surface area (Å²) in [5.74, 6) is 2.07. The predicted molar refractivity (Wildman–Crippen MR) is 148 cm³/mol. The quantitative estimate of drug-likeness (QED) is 0.295. The first-order valence-electron chi connectivity index (χ1n) is 14.1. The van der Waals surface area contributed by atoms with Gasteiger partial charge < -0.3 is 4.90 Å². The third-order valence-electron chi connectivity index (χ3n) is 8.22. The lowest BCUT2D eigenvalue weighted by Gasteiger charge is -2.32. The van der Waals surface area contributed by atoms with Gasteiger partial charge in [0.2, 0.25) is 0 Å². The molecule has 2 fully saturated rings. The van der Waals surface area contributed by atoms with Gasteiger partial charge in [-0.3, -0.25) is 9.78 Å². The fourth-order valence-electron chi connectivity index (χ4n) is 5.75. The van der Waals surface area contributed by atoms with E-state index in [2.05, 4.69) is 28.9 Å². The van der Waals surface area contributed by atoms with E-state index in [1.807, 2.05) is 48.5 Å². The Morgan fingerprint density at radius 2 is 1.82 bits per heavy atom. The molecule has 1 saturated heterocycles. The lowest BCUT2D eigenvalue weighted by atomic mass is 9.91. The Bertz CT molecular complexity index is 1520. The summed E-state index contributed by atoms with van der Waals surface area (Å²) in [6.07, 6.45) is 11.6. The zero-order chi connectivity index (χ0) is 27.1. The van der Waals surface area contributed by atoms with Crippen molar-refractivity contribution >= 4 is 11.4 Å². The number of aryl methyl sites for hydroxylation is 1. The number of rotatable bonds is 7. The summed E-state index contributed by atoms with van der Waals surface area (Å²) >= 11 is 0. The Kier molecular flexibility index (Phi) is 6.87. The molecule has 39 heavy (non-hydrogen) atoms. The van der Waals surface area contributed by atoms with Crippen LogP contribution in [0.1, 0.15) is 85.0 Å². The number of hydrogen-bond acceptors (Lipinski definition) is 5. The molecule has 0 N–H and O–H groups in total. The average molecular weight is 527 g/mol. The Hall–Kier alpha value is -3.68. The van der Waals surface area contributed by atoms with Crippen LogP contribution in [0.3, 0.4) is 0 Å². The van der Waals surface area contributed by atoms with Gasteiger partial charge in [-0.1, -0.05) is 26.7 Å². The molecule has 1 saturated carbocycles. The first kappa shape index (κ1) is 25.6. The molecule has 0 radical (unpaired) electrons.